The predicted octanol–water partition coefficient (Wildman–Crippen LogP) is 1.31. The van der Waals surface area contributed by atoms with Crippen molar-refractivity contribution in [3.8, 4) is 0 Å². The highest BCUT2D eigenvalue weighted by Crippen LogP contribution is 2.32. The van der Waals surface area contributed by atoms with E-state index in [1.807, 2.05) is 6.92 Å². The number of hydrogen-bond donors (Lipinski definition) is 1. The second-order valence-electron chi connectivity index (χ2n) is 3.05. The van der Waals surface area contributed by atoms with Crippen LogP contribution in [0.25, 0.3) is 0 Å². The molecule has 1 aliphatic rings. The fraction of sp³-hybridized carbons (Fsp3) is 0.875. The molecular weight excluding hydrogens is 126 g/mol. The van der Waals surface area contributed by atoms with E-state index in [1.54, 1.807) is 0 Å². The van der Waals surface area contributed by atoms with Crippen LogP contribution in [0.5, 0.6) is 0 Å². The van der Waals surface area contributed by atoms with Gasteiger partial charge in [0, 0.05) is 12.5 Å². The van der Waals surface area contributed by atoms with Crippen LogP contribution in [0.2, 0.25) is 0 Å². The Morgan fingerprint density at radius 3 is 2.70 bits per heavy atom. The first-order chi connectivity index (χ1) is 4.74. The predicted molar refractivity (Wildman–Crippen MR) is 40.6 cm³/mol. The summed E-state index contributed by atoms with van der Waals surface area (Å²) in [7, 11) is 0. The minimum atomic E-state index is 0.180. The van der Waals surface area contributed by atoms with Gasteiger partial charge in [-0.1, -0.05) is 6.92 Å². The van der Waals surface area contributed by atoms with E-state index in [0.717, 1.165) is 5.92 Å². The van der Waals surface area contributed by atoms with Crippen LogP contribution in [0.4, 0.5) is 0 Å². The number of nitrogens with one attached hydrogen (secondary N) is 1. The lowest BCUT2D eigenvalue weighted by atomic mass is 10.2. The molecule has 0 heterocycles. The Bertz CT molecular complexity index is 129. The third kappa shape index (κ3) is 2.01. The molecule has 0 radical (unpaired) electrons. The van der Waals surface area contributed by atoms with Crippen molar-refractivity contribution in [1.29, 1.82) is 0 Å². The maximum atomic E-state index is 10.8. The van der Waals surface area contributed by atoms with Crippen LogP contribution in [0.3, 0.4) is 0 Å². The molecule has 0 saturated heterocycles. The van der Waals surface area contributed by atoms with Gasteiger partial charge >= 0.3 is 0 Å². The summed E-state index contributed by atoms with van der Waals surface area (Å²) in [6.45, 7) is 3.97. The van der Waals surface area contributed by atoms with Gasteiger partial charge in [0.1, 0.15) is 0 Å². The summed E-state index contributed by atoms with van der Waals surface area (Å²) in [6, 6.07) is 0.410. The lowest BCUT2D eigenvalue weighted by Gasteiger charge is -2.10. The number of hydrogen-bond acceptors (Lipinski definition) is 1. The molecule has 1 atom stereocenters. The van der Waals surface area contributed by atoms with Crippen LogP contribution in [0.1, 0.15) is 33.1 Å². The van der Waals surface area contributed by atoms with Gasteiger partial charge in [-0.05, 0) is 25.7 Å². The standard InChI is InChI=1S/C8H15NO/c1-3-8(10)9-6(2)7-4-5-7/h6-7H,3-5H2,1-2H3,(H,9,10)/t6-/m1/s1. The molecule has 1 fully saturated rings. The highest BCUT2D eigenvalue weighted by molar-refractivity contribution is 5.75. The SMILES string of the molecule is CCC(=O)N[C@H](C)C1CC1. The second-order valence-corrected chi connectivity index (χ2v) is 3.05. The molecule has 2 heteroatoms. The fourth-order valence-electron chi connectivity index (χ4n) is 1.07. The molecule has 1 amide bonds. The van der Waals surface area contributed by atoms with Crippen molar-refractivity contribution in [3.63, 3.8) is 0 Å². The first kappa shape index (κ1) is 7.58. The normalized spacial score (nSPS) is 20.2. The molecule has 58 valence electrons. The van der Waals surface area contributed by atoms with Crippen LogP contribution in [-0.2, 0) is 4.79 Å². The van der Waals surface area contributed by atoms with Gasteiger partial charge in [-0.3, -0.25) is 4.79 Å². The Labute approximate surface area is 62.0 Å². The Balaban J connectivity index is 2.16. The van der Waals surface area contributed by atoms with Crippen molar-refractivity contribution in [3.05, 3.63) is 0 Å². The van der Waals surface area contributed by atoms with Gasteiger partial charge in [-0.15, -0.1) is 0 Å². The third-order valence-corrected chi connectivity index (χ3v) is 2.04. The fourth-order valence-corrected chi connectivity index (χ4v) is 1.07. The monoisotopic (exact) mass is 141 g/mol. The summed E-state index contributed by atoms with van der Waals surface area (Å²) < 4.78 is 0. The molecule has 0 spiro atoms. The molecule has 0 aromatic carbocycles. The summed E-state index contributed by atoms with van der Waals surface area (Å²) in [4.78, 5) is 10.8. The molecule has 0 aromatic heterocycles. The van der Waals surface area contributed by atoms with Crippen LogP contribution >= 0.6 is 0 Å². The van der Waals surface area contributed by atoms with Crippen molar-refractivity contribution in [1.82, 2.24) is 5.32 Å². The van der Waals surface area contributed by atoms with E-state index in [4.69, 9.17) is 0 Å². The molecule has 1 rings (SSSR count). The van der Waals surface area contributed by atoms with Crippen LogP contribution in [-0.4, -0.2) is 11.9 Å². The molecular formula is C8H15NO. The molecule has 0 unspecified atom stereocenters. The summed E-state index contributed by atoms with van der Waals surface area (Å²) in [5, 5.41) is 2.95. The topological polar surface area (TPSA) is 29.1 Å². The van der Waals surface area contributed by atoms with Crippen LogP contribution in [0, 0.1) is 5.92 Å². The quantitative estimate of drug-likeness (QED) is 0.631. The molecule has 0 bridgehead atoms. The lowest BCUT2D eigenvalue weighted by Crippen LogP contribution is -2.33. The molecule has 1 N–H and O–H groups in total. The Kier molecular flexibility index (Phi) is 2.30. The minimum Gasteiger partial charge on any atom is -0.353 e. The molecule has 10 heavy (non-hydrogen) atoms. The summed E-state index contributed by atoms with van der Waals surface area (Å²) in [5.74, 6) is 0.954. The molecule has 2 nitrogen and oxygen atoms in total. The van der Waals surface area contributed by atoms with E-state index in [-0.39, 0.29) is 5.91 Å². The maximum absolute atomic E-state index is 10.8. The number of rotatable bonds is 3. The highest BCUT2D eigenvalue weighted by atomic mass is 16.1. The van der Waals surface area contributed by atoms with Gasteiger partial charge in [-0.2, -0.15) is 0 Å². The van der Waals surface area contributed by atoms with Gasteiger partial charge in [0.05, 0.1) is 0 Å². The van der Waals surface area contributed by atoms with Gasteiger partial charge in [0.2, 0.25) is 5.91 Å². The number of carbonyl (C=O) groups excluding carboxylic acids is 1. The Hall–Kier alpha value is -0.530. The van der Waals surface area contributed by atoms with Gasteiger partial charge in [-0.25, -0.2) is 0 Å². The van der Waals surface area contributed by atoms with Crippen molar-refractivity contribution in [2.45, 2.75) is 39.2 Å². The smallest absolute Gasteiger partial charge is 0.219 e. The zero-order chi connectivity index (χ0) is 7.56. The van der Waals surface area contributed by atoms with Crippen molar-refractivity contribution in [2.75, 3.05) is 0 Å². The summed E-state index contributed by atoms with van der Waals surface area (Å²) in [5.41, 5.74) is 0. The lowest BCUT2D eigenvalue weighted by molar-refractivity contribution is -0.121. The molecule has 1 aliphatic carbocycles. The van der Waals surface area contributed by atoms with E-state index in [2.05, 4.69) is 12.2 Å². The summed E-state index contributed by atoms with van der Waals surface area (Å²) in [6.07, 6.45) is 3.20. The van der Waals surface area contributed by atoms with Crippen LogP contribution < -0.4 is 5.32 Å². The van der Waals surface area contributed by atoms with E-state index in [9.17, 15) is 4.79 Å². The van der Waals surface area contributed by atoms with Crippen molar-refractivity contribution in [2.24, 2.45) is 5.92 Å². The van der Waals surface area contributed by atoms with Gasteiger partial charge in [0.25, 0.3) is 0 Å². The van der Waals surface area contributed by atoms with E-state index < -0.39 is 0 Å². The largest absolute Gasteiger partial charge is 0.353 e. The third-order valence-electron chi connectivity index (χ3n) is 2.04. The van der Waals surface area contributed by atoms with E-state index in [0.29, 0.717) is 12.5 Å². The van der Waals surface area contributed by atoms with Crippen LogP contribution in [0.15, 0.2) is 0 Å². The van der Waals surface area contributed by atoms with E-state index >= 15 is 0 Å². The Morgan fingerprint density at radius 2 is 2.30 bits per heavy atom. The average Bonchev–Trinajstić information content (AvgIpc) is 2.68. The molecule has 1 saturated carbocycles. The van der Waals surface area contributed by atoms with Gasteiger partial charge < -0.3 is 5.32 Å². The average molecular weight is 141 g/mol. The van der Waals surface area contributed by atoms with Crippen molar-refractivity contribution < 1.29 is 4.79 Å². The highest BCUT2D eigenvalue weighted by Gasteiger charge is 2.28. The zero-order valence-electron chi connectivity index (χ0n) is 6.68. The Morgan fingerprint density at radius 1 is 1.70 bits per heavy atom. The van der Waals surface area contributed by atoms with Gasteiger partial charge in [0.15, 0.2) is 0 Å². The minimum absolute atomic E-state index is 0.180. The maximum Gasteiger partial charge on any atom is 0.219 e. The molecule has 0 aromatic rings. The molecule has 0 aliphatic heterocycles. The first-order valence-corrected chi connectivity index (χ1v) is 4.03. The second kappa shape index (κ2) is 3.04. The number of amides is 1. The van der Waals surface area contributed by atoms with Crippen molar-refractivity contribution >= 4 is 5.91 Å². The number of carbonyl (C=O) groups is 1. The summed E-state index contributed by atoms with van der Waals surface area (Å²) >= 11 is 0. The zero-order valence-corrected chi connectivity index (χ0v) is 6.68. The van der Waals surface area contributed by atoms with E-state index in [1.165, 1.54) is 12.8 Å². The first-order valence-electron chi connectivity index (χ1n) is 4.03.